The zero-order chi connectivity index (χ0) is 10.7. The molecule has 0 aliphatic rings. The van der Waals surface area contributed by atoms with E-state index in [9.17, 15) is 0 Å². The highest BCUT2D eigenvalue weighted by atomic mass is 32.1. The summed E-state index contributed by atoms with van der Waals surface area (Å²) in [5.41, 5.74) is 6.51. The van der Waals surface area contributed by atoms with Crippen molar-refractivity contribution in [3.8, 4) is 10.7 Å². The molecular formula is C10H14N4S. The Morgan fingerprint density at radius 1 is 1.53 bits per heavy atom. The number of aromatic nitrogens is 3. The fourth-order valence-corrected chi connectivity index (χ4v) is 2.04. The number of hydrogen-bond donors (Lipinski definition) is 2. The Balaban J connectivity index is 2.17. The minimum absolute atomic E-state index is 0.378. The van der Waals surface area contributed by atoms with Gasteiger partial charge >= 0.3 is 0 Å². The van der Waals surface area contributed by atoms with Crippen molar-refractivity contribution in [1.29, 1.82) is 0 Å². The van der Waals surface area contributed by atoms with Crippen LogP contribution in [0.5, 0.6) is 0 Å². The Hall–Kier alpha value is -1.20. The zero-order valence-electron chi connectivity index (χ0n) is 8.60. The number of thiazole rings is 1. The maximum atomic E-state index is 5.52. The molecule has 0 fully saturated rings. The van der Waals surface area contributed by atoms with Crippen molar-refractivity contribution in [2.24, 2.45) is 5.73 Å². The second kappa shape index (κ2) is 4.55. The quantitative estimate of drug-likeness (QED) is 0.831. The summed E-state index contributed by atoms with van der Waals surface area (Å²) in [6, 6.07) is 0. The van der Waals surface area contributed by atoms with Crippen molar-refractivity contribution in [1.82, 2.24) is 15.0 Å². The van der Waals surface area contributed by atoms with Crippen LogP contribution >= 0.6 is 11.3 Å². The van der Waals surface area contributed by atoms with Crippen LogP contribution < -0.4 is 5.73 Å². The highest BCUT2D eigenvalue weighted by Crippen LogP contribution is 2.22. The van der Waals surface area contributed by atoms with E-state index in [1.165, 1.54) is 0 Å². The number of rotatable bonds is 4. The second-order valence-electron chi connectivity index (χ2n) is 3.50. The molecule has 80 valence electrons. The normalized spacial score (nSPS) is 12.9. The first kappa shape index (κ1) is 10.3. The van der Waals surface area contributed by atoms with E-state index < -0.39 is 0 Å². The molecular weight excluding hydrogens is 208 g/mol. The van der Waals surface area contributed by atoms with Crippen molar-refractivity contribution in [2.45, 2.75) is 19.3 Å². The lowest BCUT2D eigenvalue weighted by Gasteiger charge is -2.04. The molecule has 0 spiro atoms. The highest BCUT2D eigenvalue weighted by molar-refractivity contribution is 7.13. The van der Waals surface area contributed by atoms with Gasteiger partial charge in [0.1, 0.15) is 10.8 Å². The third-order valence-electron chi connectivity index (χ3n) is 2.32. The Labute approximate surface area is 92.6 Å². The van der Waals surface area contributed by atoms with E-state index >= 15 is 0 Å². The van der Waals surface area contributed by atoms with Gasteiger partial charge < -0.3 is 10.7 Å². The molecule has 0 aliphatic carbocycles. The van der Waals surface area contributed by atoms with E-state index in [1.807, 2.05) is 11.6 Å². The van der Waals surface area contributed by atoms with Crippen molar-refractivity contribution < 1.29 is 0 Å². The van der Waals surface area contributed by atoms with Gasteiger partial charge in [0.25, 0.3) is 0 Å². The number of hydrogen-bond acceptors (Lipinski definition) is 4. The van der Waals surface area contributed by atoms with Gasteiger partial charge in [-0.1, -0.05) is 6.92 Å². The Morgan fingerprint density at radius 2 is 2.40 bits per heavy atom. The maximum absolute atomic E-state index is 5.52. The summed E-state index contributed by atoms with van der Waals surface area (Å²) in [7, 11) is 0. The van der Waals surface area contributed by atoms with Crippen LogP contribution in [0.4, 0.5) is 0 Å². The Kier molecular flexibility index (Phi) is 3.13. The number of aromatic amines is 1. The Morgan fingerprint density at radius 3 is 3.07 bits per heavy atom. The summed E-state index contributed by atoms with van der Waals surface area (Å²) in [5, 5.41) is 2.94. The molecule has 5 heteroatoms. The summed E-state index contributed by atoms with van der Waals surface area (Å²) in [4.78, 5) is 11.9. The molecule has 0 amide bonds. The molecule has 1 atom stereocenters. The van der Waals surface area contributed by atoms with E-state index in [0.717, 1.165) is 22.9 Å². The van der Waals surface area contributed by atoms with Crippen LogP contribution in [-0.4, -0.2) is 21.5 Å². The standard InChI is InChI=1S/C10H14N4S/c1-7(2-3-11)9-13-6-8(14-9)10-12-4-5-15-10/h4-7H,2-3,11H2,1H3,(H,13,14). The molecule has 2 rings (SSSR count). The molecule has 2 aromatic rings. The van der Waals surface area contributed by atoms with Crippen LogP contribution in [0.25, 0.3) is 10.7 Å². The van der Waals surface area contributed by atoms with Gasteiger partial charge in [-0.2, -0.15) is 0 Å². The second-order valence-corrected chi connectivity index (χ2v) is 4.39. The van der Waals surface area contributed by atoms with Crippen LogP contribution in [0.2, 0.25) is 0 Å². The number of nitrogens with two attached hydrogens (primary N) is 1. The molecule has 2 heterocycles. The highest BCUT2D eigenvalue weighted by Gasteiger charge is 2.10. The van der Waals surface area contributed by atoms with Crippen molar-refractivity contribution >= 4 is 11.3 Å². The monoisotopic (exact) mass is 222 g/mol. The Bertz CT molecular complexity index is 407. The van der Waals surface area contributed by atoms with E-state index in [1.54, 1.807) is 17.5 Å². The summed E-state index contributed by atoms with van der Waals surface area (Å²) in [5.74, 6) is 1.37. The maximum Gasteiger partial charge on any atom is 0.141 e. The van der Waals surface area contributed by atoms with Gasteiger partial charge in [-0.25, -0.2) is 9.97 Å². The van der Waals surface area contributed by atoms with Crippen LogP contribution in [-0.2, 0) is 0 Å². The number of nitrogens with zero attached hydrogens (tertiary/aromatic N) is 2. The van der Waals surface area contributed by atoms with Gasteiger partial charge in [-0.15, -0.1) is 11.3 Å². The lowest BCUT2D eigenvalue weighted by Crippen LogP contribution is -2.05. The van der Waals surface area contributed by atoms with E-state index in [4.69, 9.17) is 5.73 Å². The molecule has 1 unspecified atom stereocenters. The van der Waals surface area contributed by atoms with Gasteiger partial charge in [-0.05, 0) is 13.0 Å². The summed E-state index contributed by atoms with van der Waals surface area (Å²) >= 11 is 1.61. The van der Waals surface area contributed by atoms with Crippen LogP contribution in [0.15, 0.2) is 17.8 Å². The van der Waals surface area contributed by atoms with Crippen LogP contribution in [0, 0.1) is 0 Å². The van der Waals surface area contributed by atoms with Crippen molar-refractivity contribution in [3.05, 3.63) is 23.6 Å². The molecule has 3 N–H and O–H groups in total. The van der Waals surface area contributed by atoms with Crippen LogP contribution in [0.1, 0.15) is 25.1 Å². The van der Waals surface area contributed by atoms with Gasteiger partial charge in [0.15, 0.2) is 0 Å². The molecule has 0 radical (unpaired) electrons. The zero-order valence-corrected chi connectivity index (χ0v) is 9.42. The molecule has 0 aliphatic heterocycles. The number of H-pyrrole nitrogens is 1. The van der Waals surface area contributed by atoms with Crippen molar-refractivity contribution in [3.63, 3.8) is 0 Å². The summed E-state index contributed by atoms with van der Waals surface area (Å²) < 4.78 is 0. The lowest BCUT2D eigenvalue weighted by molar-refractivity contribution is 0.655. The smallest absolute Gasteiger partial charge is 0.141 e. The van der Waals surface area contributed by atoms with E-state index in [0.29, 0.717) is 12.5 Å². The summed E-state index contributed by atoms with van der Waals surface area (Å²) in [6.45, 7) is 2.81. The van der Waals surface area contributed by atoms with E-state index in [2.05, 4.69) is 21.9 Å². The third kappa shape index (κ3) is 2.24. The minimum atomic E-state index is 0.378. The molecule has 0 bridgehead atoms. The summed E-state index contributed by atoms with van der Waals surface area (Å²) in [6.07, 6.45) is 4.58. The predicted molar refractivity (Wildman–Crippen MR) is 61.8 cm³/mol. The third-order valence-corrected chi connectivity index (χ3v) is 3.13. The minimum Gasteiger partial charge on any atom is -0.340 e. The van der Waals surface area contributed by atoms with Gasteiger partial charge in [-0.3, -0.25) is 0 Å². The fraction of sp³-hybridized carbons (Fsp3) is 0.400. The van der Waals surface area contributed by atoms with Crippen molar-refractivity contribution in [2.75, 3.05) is 6.54 Å². The average molecular weight is 222 g/mol. The molecule has 15 heavy (non-hydrogen) atoms. The predicted octanol–water partition coefficient (Wildman–Crippen LogP) is 1.99. The largest absolute Gasteiger partial charge is 0.340 e. The van der Waals surface area contributed by atoms with Gasteiger partial charge in [0, 0.05) is 17.5 Å². The molecule has 0 saturated heterocycles. The first-order chi connectivity index (χ1) is 7.31. The molecule has 4 nitrogen and oxygen atoms in total. The van der Waals surface area contributed by atoms with Gasteiger partial charge in [0.05, 0.1) is 11.9 Å². The first-order valence-corrected chi connectivity index (χ1v) is 5.84. The SMILES string of the molecule is CC(CCN)c1ncc(-c2nccs2)[nH]1. The van der Waals surface area contributed by atoms with E-state index in [-0.39, 0.29) is 0 Å². The molecule has 0 aromatic carbocycles. The lowest BCUT2D eigenvalue weighted by atomic mass is 10.1. The molecule has 0 saturated carbocycles. The number of imidazole rings is 1. The fourth-order valence-electron chi connectivity index (χ4n) is 1.44. The number of nitrogens with one attached hydrogen (secondary N) is 1. The average Bonchev–Trinajstić information content (AvgIpc) is 2.89. The topological polar surface area (TPSA) is 67.6 Å². The van der Waals surface area contributed by atoms with Gasteiger partial charge in [0.2, 0.25) is 0 Å². The first-order valence-electron chi connectivity index (χ1n) is 4.96. The molecule has 2 aromatic heterocycles. The van der Waals surface area contributed by atoms with Crippen LogP contribution in [0.3, 0.4) is 0 Å².